The minimum atomic E-state index is -5.08. The van der Waals surface area contributed by atoms with Crippen LogP contribution in [0.5, 0.6) is 0 Å². The van der Waals surface area contributed by atoms with Gasteiger partial charge in [0.2, 0.25) is 5.91 Å². The lowest BCUT2D eigenvalue weighted by Gasteiger charge is -2.41. The molecule has 4 atom stereocenters. The van der Waals surface area contributed by atoms with Crippen LogP contribution in [0.1, 0.15) is 56.8 Å². The number of rotatable bonds is 7. The maximum atomic E-state index is 13.7. The predicted molar refractivity (Wildman–Crippen MR) is 156 cm³/mol. The molecule has 1 aliphatic heterocycles. The zero-order valence-corrected chi connectivity index (χ0v) is 25.7. The number of imidazole rings is 1. The first-order chi connectivity index (χ1) is 21.4. The lowest BCUT2D eigenvalue weighted by Crippen LogP contribution is -2.51. The maximum Gasteiger partial charge on any atom is 0.490 e. The van der Waals surface area contributed by atoms with E-state index in [4.69, 9.17) is 9.90 Å². The summed E-state index contributed by atoms with van der Waals surface area (Å²) in [5.74, 6) is -3.81. The lowest BCUT2D eigenvalue weighted by molar-refractivity contribution is -0.192. The van der Waals surface area contributed by atoms with Gasteiger partial charge in [-0.2, -0.15) is 26.3 Å². The third-order valence-electron chi connectivity index (χ3n) is 8.10. The fourth-order valence-electron chi connectivity index (χ4n) is 6.20. The van der Waals surface area contributed by atoms with Crippen LogP contribution >= 0.6 is 0 Å². The zero-order valence-electron chi connectivity index (χ0n) is 24.9. The number of aromatic nitrogens is 2. The topological polar surface area (TPSA) is 132 Å². The van der Waals surface area contributed by atoms with Crippen molar-refractivity contribution < 1.29 is 49.5 Å². The van der Waals surface area contributed by atoms with Crippen molar-refractivity contribution >= 4 is 32.7 Å². The van der Waals surface area contributed by atoms with Crippen LogP contribution in [-0.4, -0.2) is 76.9 Å². The minimum absolute atomic E-state index is 0.0774. The monoisotopic (exact) mass is 676 g/mol. The quantitative estimate of drug-likeness (QED) is 0.280. The van der Waals surface area contributed by atoms with Crippen LogP contribution in [0.4, 0.5) is 26.3 Å². The number of carbonyl (C=O) groups is 2. The van der Waals surface area contributed by atoms with Gasteiger partial charge in [0.15, 0.2) is 9.84 Å². The molecule has 2 aromatic carbocycles. The number of carboxylic acids is 1. The molecule has 3 N–H and O–H groups in total. The van der Waals surface area contributed by atoms with Gasteiger partial charge < -0.3 is 20.3 Å². The highest BCUT2D eigenvalue weighted by Gasteiger charge is 2.45. The number of aliphatic carboxylic acids is 1. The number of H-pyrrole nitrogens is 1. The Morgan fingerprint density at radius 3 is 2.28 bits per heavy atom. The molecule has 1 saturated heterocycles. The van der Waals surface area contributed by atoms with Crippen molar-refractivity contribution in [1.82, 2.24) is 20.2 Å². The molecule has 1 aromatic heterocycles. The number of halogens is 6. The molecule has 252 valence electrons. The Hall–Kier alpha value is -3.66. The van der Waals surface area contributed by atoms with Gasteiger partial charge in [0.1, 0.15) is 5.82 Å². The number of aromatic amines is 1. The van der Waals surface area contributed by atoms with Crippen molar-refractivity contribution in [2.75, 3.05) is 12.3 Å². The molecule has 16 heteroatoms. The van der Waals surface area contributed by atoms with Gasteiger partial charge in [0.25, 0.3) is 0 Å². The number of amides is 1. The van der Waals surface area contributed by atoms with Crippen LogP contribution in [0.25, 0.3) is 11.0 Å². The van der Waals surface area contributed by atoms with Crippen molar-refractivity contribution in [3.63, 3.8) is 0 Å². The number of likely N-dealkylation sites (tertiary alicyclic amines) is 1. The summed E-state index contributed by atoms with van der Waals surface area (Å²) in [6.07, 6.45) is -7.16. The summed E-state index contributed by atoms with van der Waals surface area (Å²) in [6, 6.07) is 12.2. The molecule has 1 amide bonds. The number of benzene rings is 2. The molecule has 5 rings (SSSR count). The number of fused-ring (bicyclic) bond motifs is 1. The van der Waals surface area contributed by atoms with Crippen molar-refractivity contribution in [3.8, 4) is 0 Å². The first kappa shape index (κ1) is 35.2. The highest BCUT2D eigenvalue weighted by molar-refractivity contribution is 7.91. The first-order valence-electron chi connectivity index (χ1n) is 14.6. The largest absolute Gasteiger partial charge is 0.490 e. The van der Waals surface area contributed by atoms with E-state index in [-0.39, 0.29) is 57.5 Å². The van der Waals surface area contributed by atoms with E-state index in [1.54, 1.807) is 35.2 Å². The zero-order chi connectivity index (χ0) is 34.0. The summed E-state index contributed by atoms with van der Waals surface area (Å²) in [4.78, 5) is 31.7. The van der Waals surface area contributed by atoms with Gasteiger partial charge in [0, 0.05) is 24.7 Å². The van der Waals surface area contributed by atoms with Crippen LogP contribution in [0.3, 0.4) is 0 Å². The van der Waals surface area contributed by atoms with Gasteiger partial charge in [-0.25, -0.2) is 18.2 Å². The fourth-order valence-corrected chi connectivity index (χ4v) is 7.89. The molecule has 3 aromatic rings. The molecule has 4 unspecified atom stereocenters. The second-order valence-electron chi connectivity index (χ2n) is 11.7. The first-order valence-corrected chi connectivity index (χ1v) is 16.2. The number of carbonyl (C=O) groups excluding carboxylic acids is 1. The van der Waals surface area contributed by atoms with E-state index in [2.05, 4.69) is 15.3 Å². The smallest absolute Gasteiger partial charge is 0.475 e. The predicted octanol–water partition coefficient (Wildman–Crippen LogP) is 5.54. The molecule has 46 heavy (non-hydrogen) atoms. The van der Waals surface area contributed by atoms with E-state index in [0.29, 0.717) is 25.8 Å². The van der Waals surface area contributed by atoms with E-state index >= 15 is 0 Å². The van der Waals surface area contributed by atoms with Gasteiger partial charge in [-0.3, -0.25) is 4.79 Å². The molecule has 1 saturated carbocycles. The average Bonchev–Trinajstić information content (AvgIpc) is 3.55. The molecule has 9 nitrogen and oxygen atoms in total. The molecule has 2 heterocycles. The number of hydrogen-bond acceptors (Lipinski definition) is 6. The summed E-state index contributed by atoms with van der Waals surface area (Å²) >= 11 is 0. The molecule has 2 aliphatic rings. The van der Waals surface area contributed by atoms with Crippen molar-refractivity contribution in [2.45, 2.75) is 80.8 Å². The van der Waals surface area contributed by atoms with E-state index in [1.807, 2.05) is 13.8 Å². The number of nitrogens with zero attached hydrogens (tertiary/aromatic N) is 2. The second-order valence-corrected chi connectivity index (χ2v) is 13.8. The minimum Gasteiger partial charge on any atom is -0.475 e. The van der Waals surface area contributed by atoms with Gasteiger partial charge >= 0.3 is 18.3 Å². The number of nitrogens with one attached hydrogen (secondary N) is 2. The normalized spacial score (nSPS) is 22.6. The van der Waals surface area contributed by atoms with Gasteiger partial charge in [-0.05, 0) is 55.9 Å². The Kier molecular flexibility index (Phi) is 10.4. The van der Waals surface area contributed by atoms with Gasteiger partial charge in [0.05, 0.1) is 33.2 Å². The van der Waals surface area contributed by atoms with Crippen molar-refractivity contribution in [2.24, 2.45) is 5.92 Å². The number of para-hydroxylation sites is 1. The van der Waals surface area contributed by atoms with E-state index in [9.17, 15) is 39.6 Å². The standard InChI is InChI=1S/C28H33F3N4O3S.C2HF3O2/c1-17(2)32-19-11-12-24(18(15-19)16-39(37,38)20-7-4-3-5-8-20)35-14-13-21(27(35)36)26-33-23-10-6-9-22(25(23)34-26)28(29,30)31;3-2(4,5)1(6)7/h3-10,17-19,21,24,32H,11-16H2,1-2H3,(H,33,34);(H,6,7). The van der Waals surface area contributed by atoms with Crippen LogP contribution in [0.2, 0.25) is 0 Å². The molecular formula is C30H34F6N4O5S. The Labute approximate surface area is 261 Å². The number of hydrogen-bond donors (Lipinski definition) is 3. The SMILES string of the molecule is CC(C)NC1CCC(N2CCC(c3nc4cccc(C(F)(F)F)c4[nH]3)C2=O)C(CS(=O)(=O)c2ccccc2)C1.O=C(O)C(F)(F)F. The van der Waals surface area contributed by atoms with Crippen LogP contribution in [-0.2, 0) is 25.6 Å². The van der Waals surface area contributed by atoms with Crippen molar-refractivity contribution in [1.29, 1.82) is 0 Å². The summed E-state index contributed by atoms with van der Waals surface area (Å²) in [6.45, 7) is 4.50. The van der Waals surface area contributed by atoms with Crippen LogP contribution in [0.15, 0.2) is 53.4 Å². The van der Waals surface area contributed by atoms with Gasteiger partial charge in [-0.15, -0.1) is 0 Å². The third kappa shape index (κ3) is 8.18. The Bertz CT molecular complexity index is 1640. The highest BCUT2D eigenvalue weighted by Crippen LogP contribution is 2.39. The summed E-state index contributed by atoms with van der Waals surface area (Å²) < 4.78 is 99.0. The molecular weight excluding hydrogens is 642 g/mol. The fraction of sp³-hybridized carbons (Fsp3) is 0.500. The highest BCUT2D eigenvalue weighted by atomic mass is 32.2. The second kappa shape index (κ2) is 13.6. The number of carboxylic acid groups (broad SMARTS) is 1. The van der Waals surface area contributed by atoms with Crippen molar-refractivity contribution in [3.05, 3.63) is 59.9 Å². The molecule has 0 bridgehead atoms. The maximum absolute atomic E-state index is 13.7. The molecule has 1 aliphatic carbocycles. The Morgan fingerprint density at radius 1 is 1.04 bits per heavy atom. The third-order valence-corrected chi connectivity index (χ3v) is 9.96. The van der Waals surface area contributed by atoms with E-state index in [1.165, 1.54) is 12.1 Å². The molecule has 0 spiro atoms. The van der Waals surface area contributed by atoms with E-state index < -0.39 is 39.6 Å². The lowest BCUT2D eigenvalue weighted by atomic mass is 9.81. The molecule has 0 radical (unpaired) electrons. The molecule has 2 fully saturated rings. The average molecular weight is 677 g/mol. The summed E-state index contributed by atoms with van der Waals surface area (Å²) in [5, 5.41) is 10.6. The Morgan fingerprint density at radius 2 is 1.70 bits per heavy atom. The summed E-state index contributed by atoms with van der Waals surface area (Å²) in [7, 11) is -3.58. The summed E-state index contributed by atoms with van der Waals surface area (Å²) in [5.41, 5.74) is -0.778. The van der Waals surface area contributed by atoms with Crippen LogP contribution < -0.4 is 5.32 Å². The number of sulfone groups is 1. The number of alkyl halides is 6. The Balaban J connectivity index is 0.000000617. The van der Waals surface area contributed by atoms with Crippen LogP contribution in [0, 0.1) is 5.92 Å². The van der Waals surface area contributed by atoms with E-state index in [0.717, 1.165) is 12.5 Å². The van der Waals surface area contributed by atoms with Gasteiger partial charge in [-0.1, -0.05) is 38.1 Å².